The maximum atomic E-state index is 9.26. The van der Waals surface area contributed by atoms with Crippen LogP contribution in [0.25, 0.3) is 0 Å². The third kappa shape index (κ3) is 3.99. The zero-order valence-corrected chi connectivity index (χ0v) is 7.33. The van der Waals surface area contributed by atoms with E-state index in [2.05, 4.69) is 5.32 Å². The summed E-state index contributed by atoms with van der Waals surface area (Å²) in [6.45, 7) is -1.90. The SMILES string of the molecule is [2H]C(NC)[C@H](O)[C@@H](O)[C@H](O)[C@H](O)CO. The smallest absolute Gasteiger partial charge is 0.111 e. The predicted molar refractivity (Wildman–Crippen MR) is 45.0 cm³/mol. The lowest BCUT2D eigenvalue weighted by Gasteiger charge is -2.25. The Hall–Kier alpha value is -0.240. The number of rotatable bonds is 6. The van der Waals surface area contributed by atoms with Crippen LogP contribution in [-0.4, -0.2) is 70.1 Å². The topological polar surface area (TPSA) is 113 Å². The monoisotopic (exact) mass is 196 g/mol. The van der Waals surface area contributed by atoms with E-state index in [4.69, 9.17) is 16.7 Å². The minimum atomic E-state index is -1.69. The van der Waals surface area contributed by atoms with E-state index in [0.717, 1.165) is 0 Å². The second-order valence-electron chi connectivity index (χ2n) is 2.68. The molecule has 5 atom stereocenters. The van der Waals surface area contributed by atoms with Gasteiger partial charge in [-0.3, -0.25) is 0 Å². The van der Waals surface area contributed by atoms with Gasteiger partial charge in [-0.15, -0.1) is 0 Å². The summed E-state index contributed by atoms with van der Waals surface area (Å²) in [5, 5.41) is 47.4. The van der Waals surface area contributed by atoms with Gasteiger partial charge in [-0.1, -0.05) is 0 Å². The maximum absolute atomic E-state index is 9.26. The quantitative estimate of drug-likeness (QED) is 0.264. The van der Waals surface area contributed by atoms with Gasteiger partial charge in [0.05, 0.1) is 12.7 Å². The van der Waals surface area contributed by atoms with Crippen LogP contribution < -0.4 is 5.32 Å². The van der Waals surface area contributed by atoms with Crippen LogP contribution in [0.5, 0.6) is 0 Å². The Morgan fingerprint density at radius 1 is 1.15 bits per heavy atom. The third-order valence-corrected chi connectivity index (χ3v) is 1.62. The van der Waals surface area contributed by atoms with Crippen molar-refractivity contribution >= 4 is 0 Å². The standard InChI is InChI=1S/C7H17NO5/c1-8-2-4(10)6(12)7(13)5(11)3-9/h4-13H,2-3H2,1H3/t4-,5+,6+,7+/m0/s1/i2D/t2?,4-,5+,6+,7+. The van der Waals surface area contributed by atoms with E-state index in [9.17, 15) is 10.2 Å². The van der Waals surface area contributed by atoms with Crippen LogP contribution in [0.15, 0.2) is 0 Å². The molecule has 0 heterocycles. The van der Waals surface area contributed by atoms with Crippen molar-refractivity contribution < 1.29 is 26.9 Å². The Morgan fingerprint density at radius 3 is 2.00 bits per heavy atom. The van der Waals surface area contributed by atoms with Crippen LogP contribution in [0.2, 0.25) is 0 Å². The molecule has 0 saturated carbocycles. The van der Waals surface area contributed by atoms with E-state index in [1.165, 1.54) is 7.05 Å². The Morgan fingerprint density at radius 2 is 1.62 bits per heavy atom. The number of likely N-dealkylation sites (N-methyl/N-ethyl adjacent to an activating group) is 1. The number of nitrogens with one attached hydrogen (secondary N) is 1. The Balaban J connectivity index is 4.22. The molecule has 0 aliphatic heterocycles. The van der Waals surface area contributed by atoms with E-state index in [1.54, 1.807) is 0 Å². The van der Waals surface area contributed by atoms with Crippen LogP contribution in [0.1, 0.15) is 1.37 Å². The largest absolute Gasteiger partial charge is 0.394 e. The van der Waals surface area contributed by atoms with Gasteiger partial charge in [0, 0.05) is 7.89 Å². The van der Waals surface area contributed by atoms with Crippen molar-refractivity contribution in [3.05, 3.63) is 0 Å². The molecular weight excluding hydrogens is 178 g/mol. The molecule has 0 aliphatic rings. The molecule has 0 amide bonds. The van der Waals surface area contributed by atoms with Crippen molar-refractivity contribution in [1.29, 1.82) is 0 Å². The minimum Gasteiger partial charge on any atom is -0.394 e. The molecule has 0 spiro atoms. The zero-order chi connectivity index (χ0) is 11.3. The summed E-state index contributed by atoms with van der Waals surface area (Å²) >= 11 is 0. The first-order chi connectivity index (χ1) is 6.45. The summed E-state index contributed by atoms with van der Waals surface area (Å²) in [7, 11) is 1.41. The molecule has 6 heteroatoms. The highest BCUT2D eigenvalue weighted by Crippen LogP contribution is 2.04. The average molecular weight is 196 g/mol. The molecule has 0 aromatic rings. The van der Waals surface area contributed by atoms with Gasteiger partial charge in [-0.2, -0.15) is 0 Å². The highest BCUT2D eigenvalue weighted by Gasteiger charge is 2.29. The van der Waals surface area contributed by atoms with Crippen LogP contribution in [0.4, 0.5) is 0 Å². The van der Waals surface area contributed by atoms with Crippen molar-refractivity contribution in [1.82, 2.24) is 5.32 Å². The predicted octanol–water partition coefficient (Wildman–Crippen LogP) is -3.36. The second-order valence-corrected chi connectivity index (χ2v) is 2.68. The molecule has 6 N–H and O–H groups in total. The lowest BCUT2D eigenvalue weighted by Crippen LogP contribution is -2.48. The molecule has 1 unspecified atom stereocenters. The van der Waals surface area contributed by atoms with E-state index in [-0.39, 0.29) is 0 Å². The molecule has 0 bridgehead atoms. The first-order valence-electron chi connectivity index (χ1n) is 4.46. The Labute approximate surface area is 77.9 Å². The fourth-order valence-electron chi connectivity index (χ4n) is 0.807. The number of aliphatic hydroxyl groups excluding tert-OH is 5. The molecule has 0 saturated heterocycles. The van der Waals surface area contributed by atoms with Gasteiger partial charge in [0.15, 0.2) is 0 Å². The summed E-state index contributed by atoms with van der Waals surface area (Å²) in [6.07, 6.45) is -6.46. The van der Waals surface area contributed by atoms with Crippen molar-refractivity contribution in [2.75, 3.05) is 20.2 Å². The van der Waals surface area contributed by atoms with Gasteiger partial charge in [-0.25, -0.2) is 0 Å². The molecule has 6 nitrogen and oxygen atoms in total. The molecule has 0 aromatic carbocycles. The van der Waals surface area contributed by atoms with Crippen LogP contribution in [0.3, 0.4) is 0 Å². The number of hydrogen-bond acceptors (Lipinski definition) is 6. The van der Waals surface area contributed by atoms with Gasteiger partial charge >= 0.3 is 0 Å². The fourth-order valence-corrected chi connectivity index (χ4v) is 0.807. The summed E-state index contributed by atoms with van der Waals surface area (Å²) < 4.78 is 7.17. The van der Waals surface area contributed by atoms with Gasteiger partial charge < -0.3 is 30.8 Å². The summed E-state index contributed by atoms with van der Waals surface area (Å²) in [5.41, 5.74) is 0. The molecular formula is C7H17NO5. The fraction of sp³-hybridized carbons (Fsp3) is 1.00. The van der Waals surface area contributed by atoms with E-state index in [1.807, 2.05) is 0 Å². The second kappa shape index (κ2) is 6.25. The molecule has 80 valence electrons. The van der Waals surface area contributed by atoms with Crippen molar-refractivity contribution in [3.63, 3.8) is 0 Å². The van der Waals surface area contributed by atoms with Gasteiger partial charge in [0.1, 0.15) is 18.3 Å². The Kier molecular flexibility index (Phi) is 5.21. The van der Waals surface area contributed by atoms with Crippen molar-refractivity contribution in [2.45, 2.75) is 24.4 Å². The molecule has 0 aliphatic carbocycles. The molecule has 0 rings (SSSR count). The molecule has 0 radical (unpaired) electrons. The maximum Gasteiger partial charge on any atom is 0.111 e. The van der Waals surface area contributed by atoms with E-state index < -0.39 is 37.5 Å². The van der Waals surface area contributed by atoms with E-state index in [0.29, 0.717) is 0 Å². The van der Waals surface area contributed by atoms with E-state index >= 15 is 0 Å². The molecule has 0 fully saturated rings. The van der Waals surface area contributed by atoms with Crippen LogP contribution in [-0.2, 0) is 0 Å². The van der Waals surface area contributed by atoms with Gasteiger partial charge in [0.25, 0.3) is 0 Å². The Bertz CT molecular complexity index is 145. The average Bonchev–Trinajstić information content (AvgIpc) is 2.23. The highest BCUT2D eigenvalue weighted by molar-refractivity contribution is 4.81. The minimum absolute atomic E-state index is 0.729. The highest BCUT2D eigenvalue weighted by atomic mass is 16.4. The van der Waals surface area contributed by atoms with Crippen LogP contribution in [0, 0.1) is 0 Å². The normalized spacial score (nSPS) is 24.3. The van der Waals surface area contributed by atoms with Crippen molar-refractivity contribution in [2.24, 2.45) is 0 Å². The molecule has 13 heavy (non-hydrogen) atoms. The summed E-state index contributed by atoms with van der Waals surface area (Å²) in [4.78, 5) is 0. The van der Waals surface area contributed by atoms with Gasteiger partial charge in [0.2, 0.25) is 0 Å². The lowest BCUT2D eigenvalue weighted by atomic mass is 10.0. The lowest BCUT2D eigenvalue weighted by molar-refractivity contribution is -0.113. The van der Waals surface area contributed by atoms with Crippen LogP contribution >= 0.6 is 0 Å². The van der Waals surface area contributed by atoms with Gasteiger partial charge in [-0.05, 0) is 7.05 Å². The first-order valence-corrected chi connectivity index (χ1v) is 3.88. The number of aliphatic hydroxyl groups is 5. The summed E-state index contributed by atoms with van der Waals surface area (Å²) in [6, 6.07) is 0. The van der Waals surface area contributed by atoms with Crippen molar-refractivity contribution in [3.8, 4) is 0 Å². The number of hydrogen-bond donors (Lipinski definition) is 6. The zero-order valence-electron chi connectivity index (χ0n) is 8.33. The molecule has 0 aromatic heterocycles. The third-order valence-electron chi connectivity index (χ3n) is 1.62. The first kappa shape index (κ1) is 10.8. The summed E-state index contributed by atoms with van der Waals surface area (Å²) in [5.74, 6) is 0.